The molecule has 2 N–H and O–H groups in total. The number of nitrogens with zero attached hydrogens (tertiary/aromatic N) is 1. The van der Waals surface area contributed by atoms with E-state index in [0.717, 1.165) is 5.01 Å². The summed E-state index contributed by atoms with van der Waals surface area (Å²) >= 11 is 1.47. The molecule has 0 bridgehead atoms. The molecule has 0 aliphatic rings. The molecule has 17 heavy (non-hydrogen) atoms. The first kappa shape index (κ1) is 10.4. The minimum Gasteiger partial charge on any atom is -0.459 e. The van der Waals surface area contributed by atoms with E-state index < -0.39 is 6.04 Å². The number of hydrogen-bond acceptors (Lipinski definition) is 4. The van der Waals surface area contributed by atoms with Gasteiger partial charge >= 0.3 is 0 Å². The summed E-state index contributed by atoms with van der Waals surface area (Å²) in [5.41, 5.74) is 6.66. The molecule has 0 aliphatic carbocycles. The Labute approximate surface area is 101 Å². The second-order valence-corrected chi connectivity index (χ2v) is 4.61. The molecule has 1 unspecified atom stereocenters. The molecule has 3 aromatic rings. The lowest BCUT2D eigenvalue weighted by Gasteiger charge is -2.03. The Morgan fingerprint density at radius 3 is 3.00 bits per heavy atom. The quantitative estimate of drug-likeness (QED) is 0.758. The van der Waals surface area contributed by atoms with Crippen LogP contribution in [0.15, 0.2) is 40.3 Å². The summed E-state index contributed by atoms with van der Waals surface area (Å²) < 4.78 is 18.6. The van der Waals surface area contributed by atoms with Gasteiger partial charge in [-0.2, -0.15) is 0 Å². The van der Waals surface area contributed by atoms with E-state index in [1.54, 1.807) is 18.3 Å². The second-order valence-electron chi connectivity index (χ2n) is 3.68. The Morgan fingerprint density at radius 1 is 1.35 bits per heavy atom. The van der Waals surface area contributed by atoms with Crippen LogP contribution in [0.5, 0.6) is 0 Å². The van der Waals surface area contributed by atoms with E-state index in [4.69, 9.17) is 10.2 Å². The van der Waals surface area contributed by atoms with Gasteiger partial charge < -0.3 is 10.2 Å². The summed E-state index contributed by atoms with van der Waals surface area (Å²) in [4.78, 5) is 4.14. The summed E-state index contributed by atoms with van der Waals surface area (Å²) in [6, 6.07) is 5.75. The molecule has 1 aromatic carbocycles. The van der Waals surface area contributed by atoms with Gasteiger partial charge in [0, 0.05) is 17.0 Å². The highest BCUT2D eigenvalue weighted by atomic mass is 32.1. The fourth-order valence-corrected chi connectivity index (χ4v) is 2.34. The summed E-state index contributed by atoms with van der Waals surface area (Å²) in [5.74, 6) is 0.313. The lowest BCUT2D eigenvalue weighted by molar-refractivity contribution is 0.523. The standard InChI is InChI=1S/C12H9FN2OS/c13-8-1-2-9-7(5-8)6-10(16-9)11(14)12-15-3-4-17-12/h1-6,11H,14H2. The zero-order valence-corrected chi connectivity index (χ0v) is 9.58. The minimum atomic E-state index is -0.398. The number of nitrogens with two attached hydrogens (primary N) is 1. The Bertz CT molecular complexity index is 648. The van der Waals surface area contributed by atoms with Gasteiger partial charge in [0.15, 0.2) is 0 Å². The fraction of sp³-hybridized carbons (Fsp3) is 0.0833. The van der Waals surface area contributed by atoms with Crippen molar-refractivity contribution in [2.24, 2.45) is 5.73 Å². The number of thiazole rings is 1. The van der Waals surface area contributed by atoms with Crippen molar-refractivity contribution in [3.63, 3.8) is 0 Å². The average Bonchev–Trinajstić information content (AvgIpc) is 2.96. The van der Waals surface area contributed by atoms with Crippen molar-refractivity contribution in [2.75, 3.05) is 0 Å². The van der Waals surface area contributed by atoms with Crippen LogP contribution in [0.2, 0.25) is 0 Å². The van der Waals surface area contributed by atoms with Gasteiger partial charge in [-0.15, -0.1) is 11.3 Å². The second kappa shape index (κ2) is 3.94. The summed E-state index contributed by atoms with van der Waals surface area (Å²) in [6.45, 7) is 0. The van der Waals surface area contributed by atoms with Gasteiger partial charge in [-0.05, 0) is 24.3 Å². The third kappa shape index (κ3) is 1.83. The van der Waals surface area contributed by atoms with Crippen molar-refractivity contribution in [2.45, 2.75) is 6.04 Å². The first-order chi connectivity index (χ1) is 8.24. The zero-order valence-electron chi connectivity index (χ0n) is 8.76. The zero-order chi connectivity index (χ0) is 11.8. The van der Waals surface area contributed by atoms with Gasteiger partial charge in [0.1, 0.15) is 28.2 Å². The maximum Gasteiger partial charge on any atom is 0.134 e. The molecule has 0 radical (unpaired) electrons. The van der Waals surface area contributed by atoms with Crippen molar-refractivity contribution >= 4 is 22.3 Å². The van der Waals surface area contributed by atoms with Gasteiger partial charge in [-0.1, -0.05) is 0 Å². The van der Waals surface area contributed by atoms with Crippen LogP contribution in [-0.2, 0) is 0 Å². The minimum absolute atomic E-state index is 0.285. The molecular formula is C12H9FN2OS. The van der Waals surface area contributed by atoms with Crippen LogP contribution in [0, 0.1) is 5.82 Å². The highest BCUT2D eigenvalue weighted by Crippen LogP contribution is 2.27. The maximum absolute atomic E-state index is 13.0. The summed E-state index contributed by atoms with van der Waals surface area (Å²) in [5, 5.41) is 3.36. The molecule has 0 saturated carbocycles. The third-order valence-corrected chi connectivity index (χ3v) is 3.38. The predicted octanol–water partition coefficient (Wildman–Crippen LogP) is 3.08. The number of aromatic nitrogens is 1. The van der Waals surface area contributed by atoms with Crippen LogP contribution in [0.3, 0.4) is 0 Å². The van der Waals surface area contributed by atoms with E-state index in [2.05, 4.69) is 4.98 Å². The number of furan rings is 1. The number of fused-ring (bicyclic) bond motifs is 1. The van der Waals surface area contributed by atoms with Gasteiger partial charge in [-0.25, -0.2) is 9.37 Å². The SMILES string of the molecule is NC(c1cc2cc(F)ccc2o1)c1nccs1. The Hall–Kier alpha value is -1.72. The van der Waals surface area contributed by atoms with E-state index in [0.29, 0.717) is 16.7 Å². The summed E-state index contributed by atoms with van der Waals surface area (Å²) in [7, 11) is 0. The van der Waals surface area contributed by atoms with Crippen molar-refractivity contribution in [1.29, 1.82) is 0 Å². The lowest BCUT2D eigenvalue weighted by Crippen LogP contribution is -2.10. The molecule has 0 saturated heterocycles. The van der Waals surface area contributed by atoms with Crippen molar-refractivity contribution < 1.29 is 8.81 Å². The van der Waals surface area contributed by atoms with E-state index in [1.165, 1.54) is 23.5 Å². The number of benzene rings is 1. The molecule has 0 amide bonds. The smallest absolute Gasteiger partial charge is 0.134 e. The number of hydrogen-bond donors (Lipinski definition) is 1. The summed E-state index contributed by atoms with van der Waals surface area (Å²) in [6.07, 6.45) is 1.70. The first-order valence-electron chi connectivity index (χ1n) is 5.08. The largest absolute Gasteiger partial charge is 0.459 e. The molecule has 3 rings (SSSR count). The van der Waals surface area contributed by atoms with Crippen LogP contribution >= 0.6 is 11.3 Å². The first-order valence-corrected chi connectivity index (χ1v) is 5.96. The third-order valence-electron chi connectivity index (χ3n) is 2.52. The Balaban J connectivity index is 2.06. The molecule has 0 spiro atoms. The van der Waals surface area contributed by atoms with E-state index in [1.807, 2.05) is 5.38 Å². The molecule has 3 nitrogen and oxygen atoms in total. The number of halogens is 1. The molecule has 86 valence electrons. The van der Waals surface area contributed by atoms with E-state index >= 15 is 0 Å². The van der Waals surface area contributed by atoms with Crippen LogP contribution in [0.4, 0.5) is 4.39 Å². The van der Waals surface area contributed by atoms with Gasteiger partial charge in [0.2, 0.25) is 0 Å². The molecule has 1 atom stereocenters. The highest BCUT2D eigenvalue weighted by molar-refractivity contribution is 7.09. The molecule has 0 fully saturated rings. The maximum atomic E-state index is 13.0. The average molecular weight is 248 g/mol. The van der Waals surface area contributed by atoms with E-state index in [9.17, 15) is 4.39 Å². The topological polar surface area (TPSA) is 52.0 Å². The van der Waals surface area contributed by atoms with Crippen molar-refractivity contribution in [3.8, 4) is 0 Å². The molecule has 0 aliphatic heterocycles. The van der Waals surface area contributed by atoms with Gasteiger partial charge in [0.05, 0.1) is 0 Å². The van der Waals surface area contributed by atoms with Crippen LogP contribution in [0.25, 0.3) is 11.0 Å². The van der Waals surface area contributed by atoms with Crippen molar-refractivity contribution in [3.05, 3.63) is 52.4 Å². The Morgan fingerprint density at radius 2 is 2.24 bits per heavy atom. The van der Waals surface area contributed by atoms with Gasteiger partial charge in [0.25, 0.3) is 0 Å². The fourth-order valence-electron chi connectivity index (χ4n) is 1.70. The van der Waals surface area contributed by atoms with Crippen LogP contribution < -0.4 is 5.73 Å². The van der Waals surface area contributed by atoms with Crippen LogP contribution in [-0.4, -0.2) is 4.98 Å². The van der Waals surface area contributed by atoms with Gasteiger partial charge in [-0.3, -0.25) is 0 Å². The normalized spacial score (nSPS) is 13.1. The Kier molecular flexibility index (Phi) is 2.42. The number of rotatable bonds is 2. The molecule has 5 heteroatoms. The van der Waals surface area contributed by atoms with Crippen molar-refractivity contribution in [1.82, 2.24) is 4.98 Å². The molecular weight excluding hydrogens is 239 g/mol. The predicted molar refractivity (Wildman–Crippen MR) is 64.3 cm³/mol. The highest BCUT2D eigenvalue weighted by Gasteiger charge is 2.16. The monoisotopic (exact) mass is 248 g/mol. The lowest BCUT2D eigenvalue weighted by atomic mass is 10.2. The van der Waals surface area contributed by atoms with E-state index in [-0.39, 0.29) is 5.82 Å². The molecule has 2 aromatic heterocycles. The molecule has 2 heterocycles. The van der Waals surface area contributed by atoms with Crippen LogP contribution in [0.1, 0.15) is 16.8 Å².